The smallest absolute Gasteiger partial charge is 0.244 e. The van der Waals surface area contributed by atoms with Gasteiger partial charge in [-0.15, -0.1) is 23.1 Å². The molecule has 0 radical (unpaired) electrons. The van der Waals surface area contributed by atoms with Crippen molar-refractivity contribution in [1.29, 1.82) is 0 Å². The van der Waals surface area contributed by atoms with Gasteiger partial charge < -0.3 is 10.4 Å². The summed E-state index contributed by atoms with van der Waals surface area (Å²) in [4.78, 5) is 13.9. The number of carbonyl (C=O) groups excluding carboxylic acids is 1. The van der Waals surface area contributed by atoms with Crippen LogP contribution in [0.15, 0.2) is 46.7 Å². The van der Waals surface area contributed by atoms with Crippen molar-refractivity contribution in [1.82, 2.24) is 5.32 Å². The highest BCUT2D eigenvalue weighted by Crippen LogP contribution is 2.23. The number of hydrogen-bond acceptors (Lipinski definition) is 4. The zero-order chi connectivity index (χ0) is 15.9. The maximum absolute atomic E-state index is 11.8. The second kappa shape index (κ2) is 8.17. The Morgan fingerprint density at radius 2 is 2.09 bits per heavy atom. The summed E-state index contributed by atoms with van der Waals surface area (Å²) < 4.78 is 0. The normalized spacial score (nSPS) is 12.5. The minimum Gasteiger partial charge on any atom is -0.386 e. The van der Waals surface area contributed by atoms with Gasteiger partial charge in [0, 0.05) is 22.4 Å². The number of aliphatic hydroxyl groups is 1. The first-order chi connectivity index (χ1) is 10.6. The highest BCUT2D eigenvalue weighted by molar-refractivity contribution is 7.98. The van der Waals surface area contributed by atoms with Crippen LogP contribution in [0.1, 0.15) is 22.1 Å². The molecule has 2 rings (SSSR count). The average Bonchev–Trinajstić information content (AvgIpc) is 2.97. The molecule has 1 aromatic carbocycles. The summed E-state index contributed by atoms with van der Waals surface area (Å²) in [6.45, 7) is 2.17. The molecule has 0 aliphatic carbocycles. The van der Waals surface area contributed by atoms with Crippen LogP contribution in [-0.4, -0.2) is 23.8 Å². The van der Waals surface area contributed by atoms with Crippen LogP contribution in [0, 0.1) is 6.92 Å². The molecule has 5 heteroatoms. The van der Waals surface area contributed by atoms with E-state index in [0.29, 0.717) is 0 Å². The van der Waals surface area contributed by atoms with Crippen molar-refractivity contribution >= 4 is 35.1 Å². The van der Waals surface area contributed by atoms with E-state index in [4.69, 9.17) is 0 Å². The number of rotatable bonds is 6. The lowest BCUT2D eigenvalue weighted by atomic mass is 10.2. The number of aliphatic hydroxyl groups excluding tert-OH is 1. The van der Waals surface area contributed by atoms with Gasteiger partial charge in [-0.3, -0.25) is 4.79 Å². The summed E-state index contributed by atoms with van der Waals surface area (Å²) in [6.07, 6.45) is 4.63. The largest absolute Gasteiger partial charge is 0.386 e. The van der Waals surface area contributed by atoms with Gasteiger partial charge in [0.25, 0.3) is 0 Å². The Balaban J connectivity index is 1.84. The molecule has 116 valence electrons. The van der Waals surface area contributed by atoms with Crippen LogP contribution in [0.3, 0.4) is 0 Å². The van der Waals surface area contributed by atoms with Crippen LogP contribution >= 0.6 is 23.1 Å². The highest BCUT2D eigenvalue weighted by atomic mass is 32.2. The monoisotopic (exact) mass is 333 g/mol. The molecular formula is C17H19NO2S2. The summed E-state index contributed by atoms with van der Waals surface area (Å²) in [6, 6.07) is 9.94. The Morgan fingerprint density at radius 3 is 2.68 bits per heavy atom. The third-order valence-electron chi connectivity index (χ3n) is 3.22. The molecule has 1 heterocycles. The molecule has 0 bridgehead atoms. The van der Waals surface area contributed by atoms with E-state index in [2.05, 4.69) is 5.32 Å². The van der Waals surface area contributed by atoms with E-state index in [0.717, 1.165) is 16.0 Å². The second-order valence-corrected chi connectivity index (χ2v) is 6.66. The average molecular weight is 333 g/mol. The molecule has 1 amide bonds. The minimum absolute atomic E-state index is 0.206. The molecule has 0 saturated heterocycles. The molecule has 2 N–H and O–H groups in total. The molecule has 3 nitrogen and oxygen atoms in total. The molecule has 0 fully saturated rings. The zero-order valence-corrected chi connectivity index (χ0v) is 14.2. The Labute approximate surface area is 139 Å². The molecule has 0 spiro atoms. The van der Waals surface area contributed by atoms with E-state index in [-0.39, 0.29) is 12.5 Å². The maximum Gasteiger partial charge on any atom is 0.244 e. The fourth-order valence-corrected chi connectivity index (χ4v) is 3.28. The molecule has 1 atom stereocenters. The lowest BCUT2D eigenvalue weighted by Gasteiger charge is -2.10. The van der Waals surface area contributed by atoms with Gasteiger partial charge in [-0.05, 0) is 54.0 Å². The number of carbonyl (C=O) groups is 1. The van der Waals surface area contributed by atoms with Crippen molar-refractivity contribution in [3.63, 3.8) is 0 Å². The van der Waals surface area contributed by atoms with E-state index >= 15 is 0 Å². The molecule has 1 unspecified atom stereocenters. The first-order valence-corrected chi connectivity index (χ1v) is 9.02. The second-order valence-electron chi connectivity index (χ2n) is 4.84. The summed E-state index contributed by atoms with van der Waals surface area (Å²) in [5, 5.41) is 14.7. The summed E-state index contributed by atoms with van der Waals surface area (Å²) in [5.74, 6) is -0.206. The van der Waals surface area contributed by atoms with Gasteiger partial charge in [-0.25, -0.2) is 0 Å². The Morgan fingerprint density at radius 1 is 1.36 bits per heavy atom. The quantitative estimate of drug-likeness (QED) is 0.627. The molecule has 22 heavy (non-hydrogen) atoms. The van der Waals surface area contributed by atoms with E-state index in [1.807, 2.05) is 48.9 Å². The third-order valence-corrected chi connectivity index (χ3v) is 5.08. The first-order valence-electron chi connectivity index (χ1n) is 6.92. The van der Waals surface area contributed by atoms with Gasteiger partial charge in [-0.2, -0.15) is 0 Å². The van der Waals surface area contributed by atoms with Crippen LogP contribution < -0.4 is 5.32 Å². The number of thiophene rings is 1. The van der Waals surface area contributed by atoms with Crippen molar-refractivity contribution in [3.05, 3.63) is 57.8 Å². The van der Waals surface area contributed by atoms with Crippen LogP contribution in [-0.2, 0) is 4.79 Å². The number of hydrogen-bond donors (Lipinski definition) is 2. The molecule has 0 saturated carbocycles. The van der Waals surface area contributed by atoms with Crippen LogP contribution in [0.5, 0.6) is 0 Å². The van der Waals surface area contributed by atoms with Crippen molar-refractivity contribution < 1.29 is 9.90 Å². The first kappa shape index (κ1) is 16.8. The fraction of sp³-hybridized carbons (Fsp3) is 0.235. The van der Waals surface area contributed by atoms with Gasteiger partial charge in [0.2, 0.25) is 5.91 Å². The summed E-state index contributed by atoms with van der Waals surface area (Å²) in [5.41, 5.74) is 2.03. The molecule has 2 aromatic rings. The van der Waals surface area contributed by atoms with E-state index < -0.39 is 6.10 Å². The molecule has 0 aliphatic rings. The van der Waals surface area contributed by atoms with Crippen molar-refractivity contribution in [2.24, 2.45) is 0 Å². The fourth-order valence-electron chi connectivity index (χ4n) is 1.96. The van der Waals surface area contributed by atoms with Gasteiger partial charge in [0.1, 0.15) is 6.10 Å². The van der Waals surface area contributed by atoms with Crippen LogP contribution in [0.4, 0.5) is 0 Å². The number of aryl methyl sites for hydroxylation is 1. The van der Waals surface area contributed by atoms with E-state index in [1.165, 1.54) is 22.3 Å². The Bertz CT molecular complexity index is 647. The highest BCUT2D eigenvalue weighted by Gasteiger charge is 2.12. The Hall–Kier alpha value is -1.56. The molecule has 1 aromatic heterocycles. The lowest BCUT2D eigenvalue weighted by Crippen LogP contribution is -2.26. The van der Waals surface area contributed by atoms with Crippen molar-refractivity contribution in [2.75, 3.05) is 12.8 Å². The van der Waals surface area contributed by atoms with Gasteiger partial charge in [0.15, 0.2) is 0 Å². The number of nitrogens with one attached hydrogen (secondary N) is 1. The number of benzene rings is 1. The van der Waals surface area contributed by atoms with E-state index in [1.54, 1.807) is 17.8 Å². The SMILES string of the molecule is CSc1ccc(/C=C/C(=O)NCC(O)c2sccc2C)cc1. The zero-order valence-electron chi connectivity index (χ0n) is 12.6. The van der Waals surface area contributed by atoms with Crippen molar-refractivity contribution in [3.8, 4) is 0 Å². The van der Waals surface area contributed by atoms with Crippen molar-refractivity contribution in [2.45, 2.75) is 17.9 Å². The standard InChI is InChI=1S/C17H19NO2S2/c1-12-9-10-22-17(12)15(19)11-18-16(20)8-5-13-3-6-14(21-2)7-4-13/h3-10,15,19H,11H2,1-2H3,(H,18,20)/b8-5+. The van der Waals surface area contributed by atoms with Crippen LogP contribution in [0.25, 0.3) is 6.08 Å². The minimum atomic E-state index is -0.654. The molecular weight excluding hydrogens is 314 g/mol. The summed E-state index contributed by atoms with van der Waals surface area (Å²) >= 11 is 3.18. The number of amides is 1. The third kappa shape index (κ3) is 4.73. The van der Waals surface area contributed by atoms with E-state index in [9.17, 15) is 9.90 Å². The molecule has 0 aliphatic heterocycles. The van der Waals surface area contributed by atoms with Gasteiger partial charge in [0.05, 0.1) is 0 Å². The number of thioether (sulfide) groups is 1. The Kier molecular flexibility index (Phi) is 6.24. The van der Waals surface area contributed by atoms with Crippen LogP contribution in [0.2, 0.25) is 0 Å². The lowest BCUT2D eigenvalue weighted by molar-refractivity contribution is -0.116. The summed E-state index contributed by atoms with van der Waals surface area (Å²) in [7, 11) is 0. The predicted octanol–water partition coefficient (Wildman–Crippen LogP) is 3.64. The topological polar surface area (TPSA) is 49.3 Å². The maximum atomic E-state index is 11.8. The van der Waals surface area contributed by atoms with Gasteiger partial charge in [-0.1, -0.05) is 12.1 Å². The predicted molar refractivity (Wildman–Crippen MR) is 94.3 cm³/mol. The van der Waals surface area contributed by atoms with Gasteiger partial charge >= 0.3 is 0 Å².